The summed E-state index contributed by atoms with van der Waals surface area (Å²) >= 11 is 2.86. The fraction of sp³-hybridized carbons (Fsp3) is 0.462. The second-order valence-corrected chi connectivity index (χ2v) is 5.30. The first-order chi connectivity index (χ1) is 8.40. The number of carbonyl (C=O) groups is 1. The number of ether oxygens (including phenoxy) is 2. The predicted octanol–water partition coefficient (Wildman–Crippen LogP) is 3.09. The number of hydrogen-bond acceptors (Lipinski definition) is 3. The molecule has 0 saturated heterocycles. The molecule has 5 heteroatoms. The van der Waals surface area contributed by atoms with Gasteiger partial charge in [0.15, 0.2) is 11.5 Å². The fourth-order valence-electron chi connectivity index (χ4n) is 1.65. The second-order valence-electron chi connectivity index (χ2n) is 4.58. The maximum Gasteiger partial charge on any atom is 0.287 e. The Hall–Kier alpha value is -1.23. The van der Waals surface area contributed by atoms with E-state index in [1.165, 1.54) is 0 Å². The highest BCUT2D eigenvalue weighted by Gasteiger charge is 2.22. The third-order valence-electron chi connectivity index (χ3n) is 2.83. The van der Waals surface area contributed by atoms with Crippen LogP contribution in [0.15, 0.2) is 18.2 Å². The molecule has 0 spiro atoms. The molecule has 0 heterocycles. The van der Waals surface area contributed by atoms with Gasteiger partial charge in [0.05, 0.1) is 14.2 Å². The fourth-order valence-corrected chi connectivity index (χ4v) is 1.79. The summed E-state index contributed by atoms with van der Waals surface area (Å²) in [6, 6.07) is 5.77. The molecular weight excluding hydrogens is 298 g/mol. The molecule has 0 radical (unpaired) electrons. The molecule has 0 aliphatic heterocycles. The number of benzene rings is 1. The first kappa shape index (κ1) is 14.8. The van der Waals surface area contributed by atoms with Crippen molar-refractivity contribution < 1.29 is 14.3 Å². The Bertz CT molecular complexity index is 432. The topological polar surface area (TPSA) is 47.6 Å². The average molecular weight is 316 g/mol. The van der Waals surface area contributed by atoms with Gasteiger partial charge >= 0.3 is 0 Å². The van der Waals surface area contributed by atoms with E-state index in [2.05, 4.69) is 35.1 Å². The standard InChI is InChI=1S/C13H18BrNO3/c1-13(2,8-15-12(14)16)9-5-6-10(17-3)11(7-9)18-4/h5-7H,8H2,1-4H3,(H,15,16). The van der Waals surface area contributed by atoms with Gasteiger partial charge in [-0.15, -0.1) is 0 Å². The summed E-state index contributed by atoms with van der Waals surface area (Å²) < 4.78 is 10.5. The SMILES string of the molecule is COc1ccc(C(C)(C)CNC(=O)Br)cc1OC. The number of hydrogen-bond donors (Lipinski definition) is 1. The van der Waals surface area contributed by atoms with Crippen molar-refractivity contribution in [3.05, 3.63) is 23.8 Å². The molecule has 0 saturated carbocycles. The van der Waals surface area contributed by atoms with Gasteiger partial charge in [-0.25, -0.2) is 0 Å². The summed E-state index contributed by atoms with van der Waals surface area (Å²) in [5.41, 5.74) is 0.879. The van der Waals surface area contributed by atoms with Crippen LogP contribution < -0.4 is 14.8 Å². The van der Waals surface area contributed by atoms with E-state index in [4.69, 9.17) is 9.47 Å². The molecule has 0 unspecified atom stereocenters. The van der Waals surface area contributed by atoms with Crippen LogP contribution >= 0.6 is 15.9 Å². The Labute approximate surface area is 116 Å². The van der Waals surface area contributed by atoms with E-state index in [0.29, 0.717) is 18.0 Å². The van der Waals surface area contributed by atoms with E-state index >= 15 is 0 Å². The zero-order valence-corrected chi connectivity index (χ0v) is 12.6. The molecule has 1 amide bonds. The van der Waals surface area contributed by atoms with Gasteiger partial charge in [-0.1, -0.05) is 19.9 Å². The van der Waals surface area contributed by atoms with Crippen molar-refractivity contribution in [2.75, 3.05) is 20.8 Å². The highest BCUT2D eigenvalue weighted by Crippen LogP contribution is 2.32. The Kier molecular flexibility index (Phi) is 5.02. The molecule has 100 valence electrons. The molecular formula is C13H18BrNO3. The van der Waals surface area contributed by atoms with E-state index in [-0.39, 0.29) is 10.2 Å². The van der Waals surface area contributed by atoms with Crippen LogP contribution in [0, 0.1) is 0 Å². The molecule has 0 bridgehead atoms. The Morgan fingerprint density at radius 1 is 1.28 bits per heavy atom. The normalized spacial score (nSPS) is 10.9. The largest absolute Gasteiger partial charge is 0.493 e. The molecule has 0 aliphatic carbocycles. The van der Waals surface area contributed by atoms with Gasteiger partial charge in [0.2, 0.25) is 0 Å². The van der Waals surface area contributed by atoms with Crippen LogP contribution in [0.4, 0.5) is 4.79 Å². The van der Waals surface area contributed by atoms with Crippen molar-refractivity contribution in [3.63, 3.8) is 0 Å². The lowest BCUT2D eigenvalue weighted by molar-refractivity contribution is 0.259. The molecule has 1 aromatic carbocycles. The molecule has 1 aromatic rings. The highest BCUT2D eigenvalue weighted by molar-refractivity contribution is 9.18. The van der Waals surface area contributed by atoms with Crippen LogP contribution in [-0.4, -0.2) is 25.6 Å². The van der Waals surface area contributed by atoms with Crippen LogP contribution in [0.2, 0.25) is 0 Å². The molecule has 0 aromatic heterocycles. The van der Waals surface area contributed by atoms with E-state index in [1.54, 1.807) is 14.2 Å². The van der Waals surface area contributed by atoms with Crippen molar-refractivity contribution in [2.24, 2.45) is 0 Å². The quantitative estimate of drug-likeness (QED) is 0.671. The third kappa shape index (κ3) is 3.63. The van der Waals surface area contributed by atoms with Crippen molar-refractivity contribution in [2.45, 2.75) is 19.3 Å². The van der Waals surface area contributed by atoms with Crippen LogP contribution in [0.3, 0.4) is 0 Å². The Morgan fingerprint density at radius 3 is 2.39 bits per heavy atom. The zero-order chi connectivity index (χ0) is 13.8. The first-order valence-corrected chi connectivity index (χ1v) is 6.36. The second kappa shape index (κ2) is 6.09. The summed E-state index contributed by atoms with van der Waals surface area (Å²) in [5, 5.41) is 2.76. The Morgan fingerprint density at radius 2 is 1.89 bits per heavy atom. The summed E-state index contributed by atoms with van der Waals surface area (Å²) in [6.45, 7) is 4.64. The first-order valence-electron chi connectivity index (χ1n) is 5.56. The maximum absolute atomic E-state index is 10.9. The van der Waals surface area contributed by atoms with Crippen LogP contribution in [0.5, 0.6) is 11.5 Å². The van der Waals surface area contributed by atoms with E-state index in [1.807, 2.05) is 18.2 Å². The van der Waals surface area contributed by atoms with Crippen molar-refractivity contribution >= 4 is 20.7 Å². The molecule has 1 rings (SSSR count). The van der Waals surface area contributed by atoms with Gasteiger partial charge in [0.1, 0.15) is 0 Å². The van der Waals surface area contributed by atoms with E-state index in [0.717, 1.165) is 5.56 Å². The smallest absolute Gasteiger partial charge is 0.287 e. The predicted molar refractivity (Wildman–Crippen MR) is 74.9 cm³/mol. The number of methoxy groups -OCH3 is 2. The summed E-state index contributed by atoms with van der Waals surface area (Å²) in [5.74, 6) is 1.38. The van der Waals surface area contributed by atoms with Crippen LogP contribution in [0.25, 0.3) is 0 Å². The lowest BCUT2D eigenvalue weighted by Gasteiger charge is -2.26. The van der Waals surface area contributed by atoms with Crippen LogP contribution in [-0.2, 0) is 5.41 Å². The summed E-state index contributed by atoms with van der Waals surface area (Å²) in [6.07, 6.45) is 0. The molecule has 18 heavy (non-hydrogen) atoms. The number of amides is 1. The van der Waals surface area contributed by atoms with Gasteiger partial charge < -0.3 is 14.8 Å². The Balaban J connectivity index is 2.97. The maximum atomic E-state index is 10.9. The molecule has 0 aliphatic rings. The lowest BCUT2D eigenvalue weighted by atomic mass is 9.84. The van der Waals surface area contributed by atoms with Gasteiger partial charge in [-0.05, 0) is 17.7 Å². The minimum absolute atomic E-state index is 0.191. The number of carbonyl (C=O) groups excluding carboxylic acids is 1. The third-order valence-corrected chi connectivity index (χ3v) is 3.11. The van der Waals surface area contributed by atoms with Gasteiger partial charge in [-0.2, -0.15) is 0 Å². The van der Waals surface area contributed by atoms with Crippen molar-refractivity contribution in [1.29, 1.82) is 0 Å². The van der Waals surface area contributed by atoms with Crippen LogP contribution in [0.1, 0.15) is 19.4 Å². The van der Waals surface area contributed by atoms with Crippen molar-refractivity contribution in [3.8, 4) is 11.5 Å². The minimum atomic E-state index is -0.212. The zero-order valence-electron chi connectivity index (χ0n) is 11.0. The van der Waals surface area contributed by atoms with Gasteiger partial charge in [0.25, 0.3) is 4.82 Å². The monoisotopic (exact) mass is 315 g/mol. The number of nitrogens with one attached hydrogen (secondary N) is 1. The van der Waals surface area contributed by atoms with Gasteiger partial charge in [-0.3, -0.25) is 4.79 Å². The highest BCUT2D eigenvalue weighted by atomic mass is 79.9. The molecule has 0 atom stereocenters. The van der Waals surface area contributed by atoms with E-state index < -0.39 is 0 Å². The summed E-state index contributed by atoms with van der Waals surface area (Å²) in [4.78, 5) is 10.7. The molecule has 1 N–H and O–H groups in total. The molecule has 0 fully saturated rings. The molecule has 4 nitrogen and oxygen atoms in total. The van der Waals surface area contributed by atoms with E-state index in [9.17, 15) is 4.79 Å². The number of rotatable bonds is 5. The summed E-state index contributed by atoms with van der Waals surface area (Å²) in [7, 11) is 3.21. The van der Waals surface area contributed by atoms with Crippen molar-refractivity contribution in [1.82, 2.24) is 5.32 Å². The average Bonchev–Trinajstić information content (AvgIpc) is 2.35. The van der Waals surface area contributed by atoms with Gasteiger partial charge in [0, 0.05) is 27.9 Å². The lowest BCUT2D eigenvalue weighted by Crippen LogP contribution is -2.34. The minimum Gasteiger partial charge on any atom is -0.493 e. The number of halogens is 1.